The highest BCUT2D eigenvalue weighted by atomic mass is 19.4. The van der Waals surface area contributed by atoms with E-state index in [1.54, 1.807) is 6.07 Å². The van der Waals surface area contributed by atoms with Gasteiger partial charge in [-0.2, -0.15) is 13.2 Å². The van der Waals surface area contributed by atoms with Gasteiger partial charge in [-0.05, 0) is 55.5 Å². The number of halogens is 4. The molecular weight excluding hydrogens is 670 g/mol. The number of aliphatic hydroxyl groups is 3. The Labute approximate surface area is 281 Å². The molecule has 0 saturated heterocycles. The van der Waals surface area contributed by atoms with E-state index in [0.29, 0.717) is 5.39 Å². The standard InChI is InChI=1S/C33H31F4N5O8/c1-31(30(38)47)16-50-28-22(31)11-24(42-27(28)17-4-6-20(34)7-5-17)32(48,33(35,36)37)15-41-29(46)19-9-18-3-2-8-39-26(18)23(10-19)49-14-25(45)40-12-21(44)13-43/h2-11,21,43-44,48H,12-16H2,1H3,(H2,38,47)(H,40,45)(H,41,46)/t21-,31+,32?/m1/s1. The van der Waals surface area contributed by atoms with Gasteiger partial charge >= 0.3 is 6.18 Å². The van der Waals surface area contributed by atoms with Gasteiger partial charge in [0.2, 0.25) is 11.5 Å². The van der Waals surface area contributed by atoms with E-state index in [1.807, 2.05) is 0 Å². The Hall–Kier alpha value is -5.39. The molecule has 0 aliphatic carbocycles. The van der Waals surface area contributed by atoms with E-state index in [9.17, 15) is 42.2 Å². The maximum Gasteiger partial charge on any atom is 0.424 e. The number of fused-ring (bicyclic) bond motifs is 2. The van der Waals surface area contributed by atoms with Crippen LogP contribution in [0.15, 0.2) is 60.8 Å². The number of pyridine rings is 2. The summed E-state index contributed by atoms with van der Waals surface area (Å²) < 4.78 is 69.3. The first-order chi connectivity index (χ1) is 23.6. The Morgan fingerprint density at radius 2 is 1.84 bits per heavy atom. The number of aromatic nitrogens is 2. The Balaban J connectivity index is 1.48. The van der Waals surface area contributed by atoms with Crippen molar-refractivity contribution in [2.45, 2.75) is 30.2 Å². The summed E-state index contributed by atoms with van der Waals surface area (Å²) in [4.78, 5) is 46.3. The third kappa shape index (κ3) is 7.01. The molecule has 0 saturated carbocycles. The lowest BCUT2D eigenvalue weighted by molar-refractivity contribution is -0.265. The summed E-state index contributed by atoms with van der Waals surface area (Å²) in [7, 11) is 0. The van der Waals surface area contributed by atoms with E-state index in [-0.39, 0.29) is 52.6 Å². The first kappa shape index (κ1) is 35.9. The zero-order chi connectivity index (χ0) is 36.4. The van der Waals surface area contributed by atoms with Crippen molar-refractivity contribution in [2.24, 2.45) is 5.73 Å². The molecule has 3 heterocycles. The summed E-state index contributed by atoms with van der Waals surface area (Å²) in [5.74, 6) is -3.49. The van der Waals surface area contributed by atoms with E-state index in [0.717, 1.165) is 24.3 Å². The Morgan fingerprint density at radius 1 is 1.12 bits per heavy atom. The molecule has 2 aromatic carbocycles. The number of amides is 3. The van der Waals surface area contributed by atoms with Crippen molar-refractivity contribution in [3.8, 4) is 22.8 Å². The number of primary amides is 1. The van der Waals surface area contributed by atoms with E-state index in [2.05, 4.69) is 20.6 Å². The highest BCUT2D eigenvalue weighted by Crippen LogP contribution is 2.47. The van der Waals surface area contributed by atoms with Crippen molar-refractivity contribution in [3.05, 3.63) is 83.4 Å². The number of rotatable bonds is 12. The Morgan fingerprint density at radius 3 is 2.50 bits per heavy atom. The maximum atomic E-state index is 14.8. The van der Waals surface area contributed by atoms with Crippen molar-refractivity contribution >= 4 is 28.6 Å². The number of hydrogen-bond donors (Lipinski definition) is 6. The van der Waals surface area contributed by atoms with Crippen LogP contribution in [0.3, 0.4) is 0 Å². The lowest BCUT2D eigenvalue weighted by Crippen LogP contribution is -2.51. The lowest BCUT2D eigenvalue weighted by atomic mass is 9.81. The number of carbonyl (C=O) groups is 3. The monoisotopic (exact) mass is 701 g/mol. The lowest BCUT2D eigenvalue weighted by Gasteiger charge is -2.31. The molecule has 7 N–H and O–H groups in total. The normalized spacial score (nSPS) is 17.3. The van der Waals surface area contributed by atoms with Crippen LogP contribution >= 0.6 is 0 Å². The predicted octanol–water partition coefficient (Wildman–Crippen LogP) is 1.60. The van der Waals surface area contributed by atoms with Crippen LogP contribution in [0.2, 0.25) is 0 Å². The molecule has 1 unspecified atom stereocenters. The van der Waals surface area contributed by atoms with E-state index in [4.69, 9.17) is 20.3 Å². The van der Waals surface area contributed by atoms with Crippen molar-refractivity contribution in [1.82, 2.24) is 20.6 Å². The molecule has 264 valence electrons. The Kier molecular flexibility index (Phi) is 9.95. The van der Waals surface area contributed by atoms with E-state index < -0.39 is 72.3 Å². The van der Waals surface area contributed by atoms with Gasteiger partial charge < -0.3 is 41.2 Å². The number of alkyl halides is 3. The summed E-state index contributed by atoms with van der Waals surface area (Å²) in [5, 5.41) is 34.4. The summed E-state index contributed by atoms with van der Waals surface area (Å²) in [6.07, 6.45) is -5.23. The molecule has 1 aliphatic heterocycles. The van der Waals surface area contributed by atoms with Crippen LogP contribution in [-0.4, -0.2) is 88.2 Å². The zero-order valence-corrected chi connectivity index (χ0v) is 26.3. The van der Waals surface area contributed by atoms with Gasteiger partial charge in [0, 0.05) is 34.8 Å². The molecule has 5 rings (SSSR count). The molecule has 4 aromatic rings. The fourth-order valence-corrected chi connectivity index (χ4v) is 5.14. The van der Waals surface area contributed by atoms with Gasteiger partial charge in [-0.1, -0.05) is 6.07 Å². The first-order valence-corrected chi connectivity index (χ1v) is 15.0. The maximum absolute atomic E-state index is 14.8. The van der Waals surface area contributed by atoms with Crippen LogP contribution in [0.1, 0.15) is 28.5 Å². The van der Waals surface area contributed by atoms with E-state index >= 15 is 0 Å². The summed E-state index contributed by atoms with van der Waals surface area (Å²) in [6.45, 7) is -1.89. The molecule has 0 spiro atoms. The second-order valence-electron chi connectivity index (χ2n) is 11.7. The average Bonchev–Trinajstić information content (AvgIpc) is 3.45. The van der Waals surface area contributed by atoms with E-state index in [1.165, 1.54) is 37.4 Å². The average molecular weight is 702 g/mol. The van der Waals surface area contributed by atoms with Gasteiger partial charge in [-0.25, -0.2) is 9.37 Å². The molecule has 3 atom stereocenters. The van der Waals surface area contributed by atoms with Crippen LogP contribution in [0.4, 0.5) is 17.6 Å². The minimum atomic E-state index is -5.44. The minimum Gasteiger partial charge on any atom is -0.489 e. The largest absolute Gasteiger partial charge is 0.489 e. The number of ether oxygens (including phenoxy) is 2. The molecule has 13 nitrogen and oxygen atoms in total. The topological polar surface area (TPSA) is 206 Å². The predicted molar refractivity (Wildman–Crippen MR) is 167 cm³/mol. The quantitative estimate of drug-likeness (QED) is 0.118. The highest BCUT2D eigenvalue weighted by Gasteiger charge is 2.57. The number of nitrogens with one attached hydrogen (secondary N) is 2. The van der Waals surface area contributed by atoms with Gasteiger partial charge in [0.1, 0.15) is 40.5 Å². The number of nitrogens with two attached hydrogens (primary N) is 1. The zero-order valence-electron chi connectivity index (χ0n) is 26.3. The molecule has 3 amide bonds. The first-order valence-electron chi connectivity index (χ1n) is 15.0. The van der Waals surface area contributed by atoms with Crippen LogP contribution in [-0.2, 0) is 20.6 Å². The summed E-state index contributed by atoms with van der Waals surface area (Å²) >= 11 is 0. The highest BCUT2D eigenvalue weighted by molar-refractivity contribution is 6.00. The van der Waals surface area contributed by atoms with Gasteiger partial charge in [0.05, 0.1) is 24.9 Å². The minimum absolute atomic E-state index is 0.0767. The third-order valence-corrected chi connectivity index (χ3v) is 8.17. The number of carbonyl (C=O) groups excluding carboxylic acids is 3. The molecule has 50 heavy (non-hydrogen) atoms. The van der Waals surface area contributed by atoms with Crippen LogP contribution < -0.4 is 25.8 Å². The fraction of sp³-hybridized carbons (Fsp3) is 0.303. The molecule has 0 bridgehead atoms. The van der Waals surface area contributed by atoms with Gasteiger partial charge in [-0.15, -0.1) is 0 Å². The number of nitrogens with zero attached hydrogens (tertiary/aromatic N) is 2. The van der Waals surface area contributed by atoms with Crippen molar-refractivity contribution in [3.63, 3.8) is 0 Å². The Bertz CT molecular complexity index is 1940. The molecule has 2 aromatic heterocycles. The van der Waals surface area contributed by atoms with Gasteiger partial charge in [0.25, 0.3) is 11.8 Å². The SMILES string of the molecule is C[C@]1(C(N)=O)COc2c1cc(C(O)(CNC(=O)c1cc(OCC(=O)NC[C@@H](O)CO)c3ncccc3c1)C(F)(F)F)nc2-c1ccc(F)cc1. The van der Waals surface area contributed by atoms with Crippen LogP contribution in [0, 0.1) is 5.82 Å². The molecule has 17 heteroatoms. The smallest absolute Gasteiger partial charge is 0.424 e. The second kappa shape index (κ2) is 13.9. The number of hydrogen-bond acceptors (Lipinski definition) is 10. The van der Waals surface area contributed by atoms with Crippen molar-refractivity contribution in [1.29, 1.82) is 0 Å². The molecule has 0 fully saturated rings. The number of aliphatic hydroxyl groups excluding tert-OH is 2. The molecular formula is C33H31F4N5O8. The second-order valence-corrected chi connectivity index (χ2v) is 11.7. The fourth-order valence-electron chi connectivity index (χ4n) is 5.14. The van der Waals surface area contributed by atoms with Gasteiger partial charge in [0.15, 0.2) is 6.61 Å². The molecule has 1 aliphatic rings. The van der Waals surface area contributed by atoms with Crippen LogP contribution in [0.25, 0.3) is 22.2 Å². The van der Waals surface area contributed by atoms with Crippen molar-refractivity contribution in [2.75, 3.05) is 32.9 Å². The molecule has 0 radical (unpaired) electrons. The van der Waals surface area contributed by atoms with Gasteiger partial charge in [-0.3, -0.25) is 19.4 Å². The van der Waals surface area contributed by atoms with Crippen molar-refractivity contribution < 1.29 is 56.7 Å². The summed E-state index contributed by atoms with van der Waals surface area (Å²) in [6, 6.07) is 10.9. The third-order valence-electron chi connectivity index (χ3n) is 8.17. The van der Waals surface area contributed by atoms with Crippen LogP contribution in [0.5, 0.6) is 11.5 Å². The number of benzene rings is 2. The summed E-state index contributed by atoms with van der Waals surface area (Å²) in [5.41, 5.74) is -1.06.